The topological polar surface area (TPSA) is 26.3 Å². The first-order valence-electron chi connectivity index (χ1n) is 5.51. The predicted octanol–water partition coefficient (Wildman–Crippen LogP) is 3.01. The summed E-state index contributed by atoms with van der Waals surface area (Å²) < 4.78 is 5.30. The molecule has 0 saturated heterocycles. The predicted molar refractivity (Wildman–Crippen MR) is 56.9 cm³/mol. The van der Waals surface area contributed by atoms with Gasteiger partial charge in [0.1, 0.15) is 5.60 Å². The van der Waals surface area contributed by atoms with Crippen LogP contribution in [0, 0.1) is 17.8 Å². The molecule has 1 fully saturated rings. The van der Waals surface area contributed by atoms with E-state index in [0.29, 0.717) is 24.2 Å². The first kappa shape index (κ1) is 11.5. The third-order valence-electron chi connectivity index (χ3n) is 3.03. The Labute approximate surface area is 87.0 Å². The van der Waals surface area contributed by atoms with Crippen LogP contribution in [0.25, 0.3) is 0 Å². The second kappa shape index (κ2) is 3.92. The summed E-state index contributed by atoms with van der Waals surface area (Å²) in [5.74, 6) is 1.89. The van der Waals surface area contributed by atoms with Crippen LogP contribution in [0.4, 0.5) is 0 Å². The second-order valence-electron chi connectivity index (χ2n) is 5.64. The van der Waals surface area contributed by atoms with Crippen LogP contribution >= 0.6 is 0 Å². The van der Waals surface area contributed by atoms with Gasteiger partial charge < -0.3 is 4.74 Å². The van der Waals surface area contributed by atoms with Gasteiger partial charge in [0.25, 0.3) is 0 Å². The standard InChI is InChI=1S/C12H22O2/c1-8-6-9(2)10(8)7-11(13)14-12(3,4)5/h8-10H,6-7H2,1-5H3. The van der Waals surface area contributed by atoms with E-state index in [-0.39, 0.29) is 11.6 Å². The van der Waals surface area contributed by atoms with Crippen molar-refractivity contribution in [1.29, 1.82) is 0 Å². The fourth-order valence-corrected chi connectivity index (χ4v) is 2.28. The van der Waals surface area contributed by atoms with Gasteiger partial charge in [-0.3, -0.25) is 4.79 Å². The second-order valence-corrected chi connectivity index (χ2v) is 5.64. The highest BCUT2D eigenvalue weighted by Crippen LogP contribution is 2.42. The van der Waals surface area contributed by atoms with E-state index < -0.39 is 0 Å². The highest BCUT2D eigenvalue weighted by atomic mass is 16.6. The van der Waals surface area contributed by atoms with E-state index in [2.05, 4.69) is 13.8 Å². The minimum atomic E-state index is -0.340. The monoisotopic (exact) mass is 198 g/mol. The van der Waals surface area contributed by atoms with Crippen LogP contribution in [0.5, 0.6) is 0 Å². The largest absolute Gasteiger partial charge is 0.460 e. The van der Waals surface area contributed by atoms with E-state index in [0.717, 1.165) is 0 Å². The highest BCUT2D eigenvalue weighted by molar-refractivity contribution is 5.70. The molecule has 2 atom stereocenters. The zero-order valence-electron chi connectivity index (χ0n) is 9.96. The number of ether oxygens (including phenoxy) is 1. The molecular formula is C12H22O2. The number of rotatable bonds is 2. The Bertz CT molecular complexity index is 207. The Hall–Kier alpha value is -0.530. The van der Waals surface area contributed by atoms with Crippen LogP contribution in [0.1, 0.15) is 47.5 Å². The van der Waals surface area contributed by atoms with Crippen molar-refractivity contribution in [3.63, 3.8) is 0 Å². The van der Waals surface area contributed by atoms with Crippen LogP contribution in [0.15, 0.2) is 0 Å². The molecular weight excluding hydrogens is 176 g/mol. The van der Waals surface area contributed by atoms with Crippen molar-refractivity contribution < 1.29 is 9.53 Å². The lowest BCUT2D eigenvalue weighted by molar-refractivity contribution is -0.158. The summed E-state index contributed by atoms with van der Waals surface area (Å²) >= 11 is 0. The number of carbonyl (C=O) groups is 1. The summed E-state index contributed by atoms with van der Waals surface area (Å²) in [5, 5.41) is 0. The number of hydrogen-bond donors (Lipinski definition) is 0. The van der Waals surface area contributed by atoms with Crippen molar-refractivity contribution in [3.8, 4) is 0 Å². The molecule has 2 heteroatoms. The minimum absolute atomic E-state index is 0.0408. The quantitative estimate of drug-likeness (QED) is 0.637. The summed E-state index contributed by atoms with van der Waals surface area (Å²) in [6.07, 6.45) is 1.85. The Kier molecular flexibility index (Phi) is 3.23. The third-order valence-corrected chi connectivity index (χ3v) is 3.03. The van der Waals surface area contributed by atoms with Gasteiger partial charge in [0, 0.05) is 6.42 Å². The van der Waals surface area contributed by atoms with Crippen molar-refractivity contribution in [2.24, 2.45) is 17.8 Å². The maximum atomic E-state index is 11.5. The van der Waals surface area contributed by atoms with Gasteiger partial charge in [-0.05, 0) is 44.9 Å². The van der Waals surface area contributed by atoms with Crippen molar-refractivity contribution in [3.05, 3.63) is 0 Å². The van der Waals surface area contributed by atoms with Crippen LogP contribution < -0.4 is 0 Å². The van der Waals surface area contributed by atoms with Gasteiger partial charge in [-0.15, -0.1) is 0 Å². The molecule has 2 unspecified atom stereocenters. The van der Waals surface area contributed by atoms with Crippen LogP contribution in [-0.4, -0.2) is 11.6 Å². The fraction of sp³-hybridized carbons (Fsp3) is 0.917. The molecule has 1 aliphatic rings. The molecule has 0 radical (unpaired) electrons. The molecule has 1 aliphatic carbocycles. The summed E-state index contributed by atoms with van der Waals surface area (Å²) in [6, 6.07) is 0. The maximum Gasteiger partial charge on any atom is 0.306 e. The van der Waals surface area contributed by atoms with Gasteiger partial charge in [0.2, 0.25) is 0 Å². The number of carbonyl (C=O) groups excluding carboxylic acids is 1. The summed E-state index contributed by atoms with van der Waals surface area (Å²) in [4.78, 5) is 11.5. The molecule has 1 saturated carbocycles. The first-order valence-corrected chi connectivity index (χ1v) is 5.51. The van der Waals surface area contributed by atoms with E-state index in [1.54, 1.807) is 0 Å². The average molecular weight is 198 g/mol. The molecule has 0 aliphatic heterocycles. The molecule has 0 N–H and O–H groups in total. The lowest BCUT2D eigenvalue weighted by Gasteiger charge is -2.40. The third kappa shape index (κ3) is 3.00. The minimum Gasteiger partial charge on any atom is -0.460 e. The van der Waals surface area contributed by atoms with Gasteiger partial charge in [-0.2, -0.15) is 0 Å². The van der Waals surface area contributed by atoms with Crippen LogP contribution in [0.3, 0.4) is 0 Å². The van der Waals surface area contributed by atoms with E-state index in [9.17, 15) is 4.79 Å². The summed E-state index contributed by atoms with van der Waals surface area (Å²) in [6.45, 7) is 10.2. The Morgan fingerprint density at radius 1 is 1.29 bits per heavy atom. The first-order chi connectivity index (χ1) is 6.29. The molecule has 0 heterocycles. The lowest BCUT2D eigenvalue weighted by atomic mass is 9.65. The van der Waals surface area contributed by atoms with Crippen LogP contribution in [0.2, 0.25) is 0 Å². The SMILES string of the molecule is CC1CC(C)C1CC(=O)OC(C)(C)C. The Morgan fingerprint density at radius 3 is 2.14 bits per heavy atom. The van der Waals surface area contributed by atoms with Crippen molar-refractivity contribution in [2.75, 3.05) is 0 Å². The number of esters is 1. The van der Waals surface area contributed by atoms with Gasteiger partial charge >= 0.3 is 5.97 Å². The van der Waals surface area contributed by atoms with E-state index in [4.69, 9.17) is 4.74 Å². The van der Waals surface area contributed by atoms with Crippen molar-refractivity contribution >= 4 is 5.97 Å². The molecule has 0 amide bonds. The molecule has 2 nitrogen and oxygen atoms in total. The van der Waals surface area contributed by atoms with E-state index >= 15 is 0 Å². The van der Waals surface area contributed by atoms with Crippen molar-refractivity contribution in [1.82, 2.24) is 0 Å². The molecule has 0 aromatic rings. The zero-order valence-corrected chi connectivity index (χ0v) is 9.96. The smallest absolute Gasteiger partial charge is 0.306 e. The van der Waals surface area contributed by atoms with E-state index in [1.165, 1.54) is 6.42 Å². The molecule has 0 spiro atoms. The number of hydrogen-bond acceptors (Lipinski definition) is 2. The summed E-state index contributed by atoms with van der Waals surface area (Å²) in [5.41, 5.74) is -0.340. The Morgan fingerprint density at radius 2 is 1.79 bits per heavy atom. The molecule has 0 bridgehead atoms. The van der Waals surface area contributed by atoms with Gasteiger partial charge in [0.15, 0.2) is 0 Å². The fourth-order valence-electron chi connectivity index (χ4n) is 2.28. The molecule has 0 aromatic carbocycles. The van der Waals surface area contributed by atoms with Gasteiger partial charge in [-0.25, -0.2) is 0 Å². The molecule has 0 aromatic heterocycles. The normalized spacial score (nSPS) is 32.2. The molecule has 1 rings (SSSR count). The van der Waals surface area contributed by atoms with Gasteiger partial charge in [0.05, 0.1) is 0 Å². The van der Waals surface area contributed by atoms with Crippen LogP contribution in [-0.2, 0) is 9.53 Å². The molecule has 14 heavy (non-hydrogen) atoms. The average Bonchev–Trinajstić information content (AvgIpc) is 1.98. The maximum absolute atomic E-state index is 11.5. The van der Waals surface area contributed by atoms with Gasteiger partial charge in [-0.1, -0.05) is 13.8 Å². The van der Waals surface area contributed by atoms with E-state index in [1.807, 2.05) is 20.8 Å². The lowest BCUT2D eigenvalue weighted by Crippen LogP contribution is -2.36. The highest BCUT2D eigenvalue weighted by Gasteiger charge is 2.36. The zero-order chi connectivity index (χ0) is 10.9. The Balaban J connectivity index is 2.34. The van der Waals surface area contributed by atoms with Crippen molar-refractivity contribution in [2.45, 2.75) is 53.1 Å². The summed E-state index contributed by atoms with van der Waals surface area (Å²) in [7, 11) is 0. The molecule has 82 valence electrons.